The average Bonchev–Trinajstić information content (AvgIpc) is 2.50. The highest BCUT2D eigenvalue weighted by atomic mass is 16.7. The van der Waals surface area contributed by atoms with Crippen LogP contribution in [-0.4, -0.2) is 104 Å². The smallest absolute Gasteiger partial charge is 0.187 e. The van der Waals surface area contributed by atoms with Gasteiger partial charge in [-0.15, -0.1) is 0 Å². The maximum Gasteiger partial charge on any atom is 0.187 e. The van der Waals surface area contributed by atoms with Crippen LogP contribution in [-0.2, 0) is 14.2 Å². The van der Waals surface area contributed by atoms with Crippen molar-refractivity contribution in [2.24, 2.45) is 0 Å². The lowest BCUT2D eigenvalue weighted by molar-refractivity contribution is -0.350. The summed E-state index contributed by atoms with van der Waals surface area (Å²) in [6.45, 7) is -1.01. The minimum atomic E-state index is -1.65. The third kappa shape index (κ3) is 3.57. The second-order valence-corrected chi connectivity index (χ2v) is 5.43. The molecule has 0 radical (unpaired) electrons. The molecule has 2 aliphatic heterocycles. The number of aliphatic hydroxyl groups is 7. The molecule has 0 saturated carbocycles. The molecule has 0 aromatic rings. The Morgan fingerprint density at radius 1 is 0.864 bits per heavy atom. The largest absolute Gasteiger partial charge is 0.394 e. The van der Waals surface area contributed by atoms with E-state index in [1.54, 1.807) is 0 Å². The van der Waals surface area contributed by atoms with E-state index in [-0.39, 0.29) is 13.0 Å². The quantitative estimate of drug-likeness (QED) is 0.268. The molecule has 2 rings (SSSR count). The average molecular weight is 326 g/mol. The SMILES string of the molecule is OC[C@@H]1C[C@H](O)[C@@H](O[C@H]2O[C@H](CO)[C@@H](O)[C@H](O)[C@H]2O)[C@@H](O)O1. The van der Waals surface area contributed by atoms with E-state index in [0.717, 1.165) is 0 Å². The Bertz CT molecular complexity index is 341. The van der Waals surface area contributed by atoms with E-state index in [0.29, 0.717) is 0 Å². The third-order valence-corrected chi connectivity index (χ3v) is 3.84. The minimum absolute atomic E-state index is 0.00432. The zero-order chi connectivity index (χ0) is 16.4. The maximum atomic E-state index is 9.92. The molecule has 7 N–H and O–H groups in total. The van der Waals surface area contributed by atoms with Gasteiger partial charge in [0.15, 0.2) is 12.6 Å². The molecule has 2 aliphatic rings. The molecular weight excluding hydrogens is 304 g/mol. The van der Waals surface area contributed by atoms with Crippen LogP contribution < -0.4 is 0 Å². The standard InChI is InChI=1S/C12H22O10/c13-2-4-1-5(15)10(11(19)20-4)22-12-9(18)8(17)7(16)6(3-14)21-12/h4-19H,1-3H2/t4-,5-,6+,7+,8-,9+,10+,11-,12+/m0/s1. The number of ether oxygens (including phenoxy) is 3. The number of hydrogen-bond acceptors (Lipinski definition) is 10. The van der Waals surface area contributed by atoms with Crippen molar-refractivity contribution in [3.63, 3.8) is 0 Å². The molecule has 2 saturated heterocycles. The van der Waals surface area contributed by atoms with Gasteiger partial charge in [-0.05, 0) is 0 Å². The maximum absolute atomic E-state index is 9.92. The minimum Gasteiger partial charge on any atom is -0.394 e. The first-order valence-electron chi connectivity index (χ1n) is 6.97. The van der Waals surface area contributed by atoms with Gasteiger partial charge in [-0.1, -0.05) is 0 Å². The lowest BCUT2D eigenvalue weighted by Gasteiger charge is -2.43. The highest BCUT2D eigenvalue weighted by Gasteiger charge is 2.47. The van der Waals surface area contributed by atoms with Crippen molar-refractivity contribution in [3.8, 4) is 0 Å². The topological polar surface area (TPSA) is 169 Å². The van der Waals surface area contributed by atoms with Crippen molar-refractivity contribution in [2.45, 2.75) is 61.7 Å². The van der Waals surface area contributed by atoms with Gasteiger partial charge in [-0.2, -0.15) is 0 Å². The van der Waals surface area contributed by atoms with E-state index in [1.165, 1.54) is 0 Å². The molecule has 0 aliphatic carbocycles. The monoisotopic (exact) mass is 326 g/mol. The van der Waals surface area contributed by atoms with Gasteiger partial charge in [-0.25, -0.2) is 0 Å². The van der Waals surface area contributed by atoms with Crippen LogP contribution in [0.2, 0.25) is 0 Å². The molecule has 9 atom stereocenters. The van der Waals surface area contributed by atoms with Gasteiger partial charge < -0.3 is 50.0 Å². The first-order chi connectivity index (χ1) is 10.4. The van der Waals surface area contributed by atoms with Crippen LogP contribution in [0.15, 0.2) is 0 Å². The zero-order valence-corrected chi connectivity index (χ0v) is 11.7. The predicted octanol–water partition coefficient (Wildman–Crippen LogP) is -4.37. The molecule has 2 fully saturated rings. The van der Waals surface area contributed by atoms with E-state index in [2.05, 4.69) is 0 Å². The molecule has 10 nitrogen and oxygen atoms in total. The van der Waals surface area contributed by atoms with Crippen molar-refractivity contribution in [1.82, 2.24) is 0 Å². The number of rotatable bonds is 4. The van der Waals surface area contributed by atoms with Crippen molar-refractivity contribution in [2.75, 3.05) is 13.2 Å². The van der Waals surface area contributed by atoms with E-state index < -0.39 is 61.9 Å². The zero-order valence-electron chi connectivity index (χ0n) is 11.7. The fraction of sp³-hybridized carbons (Fsp3) is 1.00. The summed E-state index contributed by atoms with van der Waals surface area (Å²) < 4.78 is 15.4. The Hall–Kier alpha value is -0.400. The summed E-state index contributed by atoms with van der Waals surface area (Å²) in [6, 6.07) is 0. The summed E-state index contributed by atoms with van der Waals surface area (Å²) in [7, 11) is 0. The van der Waals surface area contributed by atoms with Crippen LogP contribution in [0.3, 0.4) is 0 Å². The summed E-state index contributed by atoms with van der Waals surface area (Å²) in [5.74, 6) is 0. The van der Waals surface area contributed by atoms with E-state index in [4.69, 9.17) is 24.4 Å². The van der Waals surface area contributed by atoms with Crippen LogP contribution in [0.25, 0.3) is 0 Å². The molecule has 10 heteroatoms. The van der Waals surface area contributed by atoms with Gasteiger partial charge >= 0.3 is 0 Å². The lowest BCUT2D eigenvalue weighted by atomic mass is 9.98. The fourth-order valence-electron chi connectivity index (χ4n) is 2.53. The Balaban J connectivity index is 2.02. The van der Waals surface area contributed by atoms with Gasteiger partial charge in [-0.3, -0.25) is 0 Å². The van der Waals surface area contributed by atoms with Crippen molar-refractivity contribution in [1.29, 1.82) is 0 Å². The Morgan fingerprint density at radius 3 is 2.09 bits per heavy atom. The number of aliphatic hydroxyl groups excluding tert-OH is 7. The van der Waals surface area contributed by atoms with E-state index >= 15 is 0 Å². The van der Waals surface area contributed by atoms with Gasteiger partial charge in [0, 0.05) is 6.42 Å². The van der Waals surface area contributed by atoms with Crippen molar-refractivity contribution < 1.29 is 50.0 Å². The first-order valence-corrected chi connectivity index (χ1v) is 6.97. The first kappa shape index (κ1) is 17.9. The predicted molar refractivity (Wildman–Crippen MR) is 67.2 cm³/mol. The van der Waals surface area contributed by atoms with Crippen LogP contribution >= 0.6 is 0 Å². The van der Waals surface area contributed by atoms with Crippen LogP contribution in [0.5, 0.6) is 0 Å². The van der Waals surface area contributed by atoms with Gasteiger partial charge in [0.05, 0.1) is 25.4 Å². The molecule has 0 amide bonds. The molecule has 2 heterocycles. The summed E-state index contributed by atoms with van der Waals surface area (Å²) in [4.78, 5) is 0. The second kappa shape index (κ2) is 7.45. The highest BCUT2D eigenvalue weighted by Crippen LogP contribution is 2.27. The summed E-state index contributed by atoms with van der Waals surface area (Å²) in [5.41, 5.74) is 0. The van der Waals surface area contributed by atoms with Gasteiger partial charge in [0.2, 0.25) is 0 Å². The third-order valence-electron chi connectivity index (χ3n) is 3.84. The van der Waals surface area contributed by atoms with Gasteiger partial charge in [0.1, 0.15) is 30.5 Å². The molecule has 0 unspecified atom stereocenters. The molecular formula is C12H22O10. The number of hydrogen-bond donors (Lipinski definition) is 7. The Morgan fingerprint density at radius 2 is 1.55 bits per heavy atom. The van der Waals surface area contributed by atoms with Crippen molar-refractivity contribution >= 4 is 0 Å². The molecule has 130 valence electrons. The van der Waals surface area contributed by atoms with Crippen LogP contribution in [0.4, 0.5) is 0 Å². The molecule has 0 aromatic heterocycles. The molecule has 22 heavy (non-hydrogen) atoms. The lowest BCUT2D eigenvalue weighted by Crippen LogP contribution is -2.61. The van der Waals surface area contributed by atoms with Crippen LogP contribution in [0.1, 0.15) is 6.42 Å². The second-order valence-electron chi connectivity index (χ2n) is 5.43. The van der Waals surface area contributed by atoms with Crippen molar-refractivity contribution in [3.05, 3.63) is 0 Å². The molecule has 0 aromatic carbocycles. The Kier molecular flexibility index (Phi) is 6.07. The summed E-state index contributed by atoms with van der Waals surface area (Å²) >= 11 is 0. The Labute approximate surface area is 126 Å². The molecule has 0 bridgehead atoms. The summed E-state index contributed by atoms with van der Waals surface area (Å²) in [5, 5.41) is 66.9. The van der Waals surface area contributed by atoms with Gasteiger partial charge in [0.25, 0.3) is 0 Å². The van der Waals surface area contributed by atoms with E-state index in [9.17, 15) is 25.5 Å². The highest BCUT2D eigenvalue weighted by molar-refractivity contribution is 4.90. The fourth-order valence-corrected chi connectivity index (χ4v) is 2.53. The normalized spacial score (nSPS) is 50.0. The summed E-state index contributed by atoms with van der Waals surface area (Å²) in [6.07, 6.45) is -12.3. The van der Waals surface area contributed by atoms with Crippen LogP contribution in [0, 0.1) is 0 Å². The molecule has 0 spiro atoms. The van der Waals surface area contributed by atoms with E-state index in [1.807, 2.05) is 0 Å².